The molecule has 1 aliphatic heterocycles. The highest BCUT2D eigenvalue weighted by Gasteiger charge is 2.26. The fourth-order valence-corrected chi connectivity index (χ4v) is 4.21. The molecule has 2 aromatic carbocycles. The van der Waals surface area contributed by atoms with E-state index in [2.05, 4.69) is 0 Å². The summed E-state index contributed by atoms with van der Waals surface area (Å²) >= 11 is 6.06. The Morgan fingerprint density at radius 3 is 2.35 bits per heavy atom. The summed E-state index contributed by atoms with van der Waals surface area (Å²) in [5, 5.41) is 0.559. The van der Waals surface area contributed by atoms with E-state index in [4.69, 9.17) is 16.3 Å². The fraction of sp³-hybridized carbons (Fsp3) is 0.211. The number of hydrogen-bond donors (Lipinski definition) is 0. The van der Waals surface area contributed by atoms with Crippen LogP contribution in [0.5, 0.6) is 0 Å². The molecule has 0 radical (unpaired) electrons. The number of ketones is 1. The van der Waals surface area contributed by atoms with Gasteiger partial charge in [0.1, 0.15) is 0 Å². The van der Waals surface area contributed by atoms with Gasteiger partial charge in [0.05, 0.1) is 18.1 Å². The maximum Gasteiger partial charge on any atom is 0.243 e. The molecule has 26 heavy (non-hydrogen) atoms. The van der Waals surface area contributed by atoms with Gasteiger partial charge in [0.2, 0.25) is 10.0 Å². The quantitative estimate of drug-likeness (QED) is 0.579. The number of allylic oxidation sites excluding steroid dienone is 1. The summed E-state index contributed by atoms with van der Waals surface area (Å²) in [4.78, 5) is 12.5. The van der Waals surface area contributed by atoms with Gasteiger partial charge in [0.25, 0.3) is 0 Å². The Hall–Kier alpha value is -1.99. The fourth-order valence-electron chi connectivity index (χ4n) is 2.60. The van der Waals surface area contributed by atoms with E-state index >= 15 is 0 Å². The molecule has 5 nitrogen and oxygen atoms in total. The van der Waals surface area contributed by atoms with E-state index < -0.39 is 10.0 Å². The molecule has 0 saturated carbocycles. The summed E-state index contributed by atoms with van der Waals surface area (Å²) in [5.74, 6) is -0.222. The van der Waals surface area contributed by atoms with Crippen molar-refractivity contribution in [1.29, 1.82) is 0 Å². The lowest BCUT2D eigenvalue weighted by Gasteiger charge is -2.26. The van der Waals surface area contributed by atoms with Crippen LogP contribution in [-0.4, -0.2) is 44.8 Å². The van der Waals surface area contributed by atoms with Crippen molar-refractivity contribution in [3.05, 3.63) is 70.8 Å². The minimum Gasteiger partial charge on any atom is -0.379 e. The van der Waals surface area contributed by atoms with Crippen LogP contribution in [0.4, 0.5) is 0 Å². The number of benzene rings is 2. The molecule has 1 saturated heterocycles. The smallest absolute Gasteiger partial charge is 0.243 e. The number of morpholine rings is 1. The first-order valence-corrected chi connectivity index (χ1v) is 9.95. The second-order valence-corrected chi connectivity index (χ2v) is 8.11. The van der Waals surface area contributed by atoms with Crippen molar-refractivity contribution in [3.63, 3.8) is 0 Å². The van der Waals surface area contributed by atoms with Crippen LogP contribution in [0.25, 0.3) is 6.08 Å². The second-order valence-electron chi connectivity index (χ2n) is 5.76. The number of nitrogens with zero attached hydrogens (tertiary/aromatic N) is 1. The monoisotopic (exact) mass is 391 g/mol. The Bertz CT molecular complexity index is 917. The normalized spacial score (nSPS) is 16.0. The predicted octanol–water partition coefficient (Wildman–Crippen LogP) is 3.26. The Labute approximate surface area is 157 Å². The lowest BCUT2D eigenvalue weighted by atomic mass is 10.1. The zero-order valence-corrected chi connectivity index (χ0v) is 15.5. The molecular formula is C19H18ClNO4S. The summed E-state index contributed by atoms with van der Waals surface area (Å²) < 4.78 is 31.7. The molecule has 7 heteroatoms. The molecule has 1 fully saturated rings. The summed E-state index contributed by atoms with van der Waals surface area (Å²) in [6.45, 7) is 1.46. The van der Waals surface area contributed by atoms with Crippen LogP contribution in [-0.2, 0) is 14.8 Å². The van der Waals surface area contributed by atoms with Crippen LogP contribution in [0.3, 0.4) is 0 Å². The van der Waals surface area contributed by atoms with Gasteiger partial charge in [0, 0.05) is 23.7 Å². The van der Waals surface area contributed by atoms with E-state index in [9.17, 15) is 13.2 Å². The van der Waals surface area contributed by atoms with Gasteiger partial charge in [-0.3, -0.25) is 4.79 Å². The van der Waals surface area contributed by atoms with Crippen LogP contribution >= 0.6 is 11.6 Å². The van der Waals surface area contributed by atoms with Crippen molar-refractivity contribution >= 4 is 33.5 Å². The molecule has 0 spiro atoms. The number of halogens is 1. The first kappa shape index (κ1) is 18.8. The predicted molar refractivity (Wildman–Crippen MR) is 101 cm³/mol. The van der Waals surface area contributed by atoms with E-state index in [1.165, 1.54) is 34.6 Å². The van der Waals surface area contributed by atoms with Crippen LogP contribution in [0.15, 0.2) is 59.5 Å². The Morgan fingerprint density at radius 1 is 1.04 bits per heavy atom. The van der Waals surface area contributed by atoms with E-state index in [-0.39, 0.29) is 10.7 Å². The highest BCUT2D eigenvalue weighted by molar-refractivity contribution is 7.89. The van der Waals surface area contributed by atoms with E-state index in [0.29, 0.717) is 36.9 Å². The minimum atomic E-state index is -3.56. The maximum absolute atomic E-state index is 12.6. The molecule has 0 amide bonds. The van der Waals surface area contributed by atoms with Gasteiger partial charge in [-0.15, -0.1) is 0 Å². The lowest BCUT2D eigenvalue weighted by molar-refractivity contribution is 0.0730. The van der Waals surface area contributed by atoms with Crippen LogP contribution in [0.1, 0.15) is 15.9 Å². The standard InChI is InChI=1S/C19H18ClNO4S/c20-18-4-2-1-3-15(18)7-10-19(22)16-5-8-17(9-6-16)26(23,24)21-11-13-25-14-12-21/h1-10H,11-14H2/b10-7+. The summed E-state index contributed by atoms with van der Waals surface area (Å²) in [7, 11) is -3.56. The van der Waals surface area contributed by atoms with Gasteiger partial charge < -0.3 is 4.74 Å². The summed E-state index contributed by atoms with van der Waals surface area (Å²) in [6.07, 6.45) is 3.07. The molecule has 1 heterocycles. The Balaban J connectivity index is 1.75. The number of carbonyl (C=O) groups excluding carboxylic acids is 1. The molecule has 0 bridgehead atoms. The van der Waals surface area contributed by atoms with Crippen LogP contribution in [0, 0.1) is 0 Å². The number of hydrogen-bond acceptors (Lipinski definition) is 4. The molecule has 0 aromatic heterocycles. The molecule has 0 unspecified atom stereocenters. The third-order valence-electron chi connectivity index (χ3n) is 4.07. The number of ether oxygens (including phenoxy) is 1. The Kier molecular flexibility index (Phi) is 5.88. The molecular weight excluding hydrogens is 374 g/mol. The number of sulfonamides is 1. The second kappa shape index (κ2) is 8.14. The van der Waals surface area contributed by atoms with Gasteiger partial charge in [0.15, 0.2) is 5.78 Å². The Morgan fingerprint density at radius 2 is 1.69 bits per heavy atom. The van der Waals surface area contributed by atoms with Gasteiger partial charge in [-0.25, -0.2) is 8.42 Å². The SMILES string of the molecule is O=C(/C=C/c1ccccc1Cl)c1ccc(S(=O)(=O)N2CCOCC2)cc1. The molecule has 136 valence electrons. The topological polar surface area (TPSA) is 63.7 Å². The highest BCUT2D eigenvalue weighted by Crippen LogP contribution is 2.19. The first-order chi connectivity index (χ1) is 12.5. The highest BCUT2D eigenvalue weighted by atomic mass is 35.5. The number of rotatable bonds is 5. The minimum absolute atomic E-state index is 0.172. The molecule has 0 N–H and O–H groups in total. The molecule has 0 atom stereocenters. The first-order valence-electron chi connectivity index (χ1n) is 8.13. The zero-order valence-electron chi connectivity index (χ0n) is 14.0. The van der Waals surface area contributed by atoms with E-state index in [1.807, 2.05) is 18.2 Å². The van der Waals surface area contributed by atoms with E-state index in [0.717, 1.165) is 5.56 Å². The third-order valence-corrected chi connectivity index (χ3v) is 6.32. The third kappa shape index (κ3) is 4.22. The summed E-state index contributed by atoms with van der Waals surface area (Å²) in [6, 6.07) is 13.2. The van der Waals surface area contributed by atoms with Gasteiger partial charge in [-0.2, -0.15) is 4.31 Å². The molecule has 2 aromatic rings. The number of carbonyl (C=O) groups is 1. The lowest BCUT2D eigenvalue weighted by Crippen LogP contribution is -2.40. The summed E-state index contributed by atoms with van der Waals surface area (Å²) in [5.41, 5.74) is 1.16. The molecule has 1 aliphatic rings. The van der Waals surface area contributed by atoms with Gasteiger partial charge in [-0.05, 0) is 48.0 Å². The average molecular weight is 392 g/mol. The molecule has 3 rings (SSSR count). The van der Waals surface area contributed by atoms with Crippen molar-refractivity contribution in [2.75, 3.05) is 26.3 Å². The van der Waals surface area contributed by atoms with Crippen molar-refractivity contribution in [3.8, 4) is 0 Å². The zero-order chi connectivity index (χ0) is 18.6. The van der Waals surface area contributed by atoms with Gasteiger partial charge in [-0.1, -0.05) is 29.8 Å². The van der Waals surface area contributed by atoms with Crippen molar-refractivity contribution < 1.29 is 17.9 Å². The van der Waals surface area contributed by atoms with Crippen molar-refractivity contribution in [2.24, 2.45) is 0 Å². The average Bonchev–Trinajstić information content (AvgIpc) is 2.68. The largest absolute Gasteiger partial charge is 0.379 e. The van der Waals surface area contributed by atoms with E-state index in [1.54, 1.807) is 12.1 Å². The van der Waals surface area contributed by atoms with Crippen LogP contribution in [0.2, 0.25) is 5.02 Å². The maximum atomic E-state index is 12.6. The van der Waals surface area contributed by atoms with Crippen molar-refractivity contribution in [1.82, 2.24) is 4.31 Å². The van der Waals surface area contributed by atoms with Gasteiger partial charge >= 0.3 is 0 Å². The molecule has 0 aliphatic carbocycles. The van der Waals surface area contributed by atoms with Crippen molar-refractivity contribution in [2.45, 2.75) is 4.90 Å². The van der Waals surface area contributed by atoms with Crippen LogP contribution < -0.4 is 0 Å².